The highest BCUT2D eigenvalue weighted by Gasteiger charge is 2.01. The first-order valence-corrected chi connectivity index (χ1v) is 2.62. The maximum absolute atomic E-state index is 9.87. The molecule has 3 nitrogen and oxygen atoms in total. The number of hydroxylamine groups is 1. The molecule has 0 amide bonds. The molecule has 4 heteroatoms. The third-order valence-electron chi connectivity index (χ3n) is 0.631. The van der Waals surface area contributed by atoms with Crippen LogP contribution in [-0.4, -0.2) is 15.2 Å². The van der Waals surface area contributed by atoms with Crippen LogP contribution in [0, 0.1) is 0 Å². The van der Waals surface area contributed by atoms with Gasteiger partial charge in [0.1, 0.15) is 18.1 Å². The van der Waals surface area contributed by atoms with E-state index < -0.39 is 0 Å². The van der Waals surface area contributed by atoms with E-state index in [0.717, 1.165) is 0 Å². The molecule has 0 bridgehead atoms. The van der Waals surface area contributed by atoms with E-state index in [1.54, 1.807) is 6.08 Å². The molecule has 1 heterocycles. The average Bonchev–Trinajstić information content (AvgIpc) is 2.14. The molecule has 0 radical (unpaired) electrons. The second-order valence-corrected chi connectivity index (χ2v) is 1.70. The van der Waals surface area contributed by atoms with E-state index in [1.807, 2.05) is 0 Å². The number of rotatable bonds is 1. The van der Waals surface area contributed by atoms with Gasteiger partial charge in [0.05, 0.1) is 6.54 Å². The second-order valence-electron chi connectivity index (χ2n) is 1.09. The van der Waals surface area contributed by atoms with Gasteiger partial charge in [-0.2, -0.15) is 0 Å². The van der Waals surface area contributed by atoms with Crippen molar-refractivity contribution in [1.29, 1.82) is 0 Å². The summed E-state index contributed by atoms with van der Waals surface area (Å²) in [6.07, 6.45) is 3.29. The number of hydrogen-bond acceptors (Lipinski definition) is 2. The highest BCUT2D eigenvalue weighted by molar-refractivity contribution is 7.62. The van der Waals surface area contributed by atoms with Crippen LogP contribution in [0.2, 0.25) is 0 Å². The van der Waals surface area contributed by atoms with E-state index in [-0.39, 0.29) is 11.9 Å². The van der Waals surface area contributed by atoms with Crippen molar-refractivity contribution in [2.75, 3.05) is 6.54 Å². The highest BCUT2D eigenvalue weighted by Crippen LogP contribution is 1.96. The predicted molar refractivity (Wildman–Crippen MR) is 26.5 cm³/mol. The van der Waals surface area contributed by atoms with Gasteiger partial charge in [-0.25, -0.2) is 4.21 Å². The van der Waals surface area contributed by atoms with Gasteiger partial charge < -0.3 is 4.84 Å². The van der Waals surface area contributed by atoms with E-state index in [9.17, 15) is 4.21 Å². The van der Waals surface area contributed by atoms with Gasteiger partial charge in [0, 0.05) is 0 Å². The van der Waals surface area contributed by atoms with E-state index in [0.29, 0.717) is 6.54 Å². The Bertz CT molecular complexity index is 95.1. The molecule has 0 saturated heterocycles. The van der Waals surface area contributed by atoms with Crippen LogP contribution in [0.15, 0.2) is 12.3 Å². The standard InChI is InChI=1S/C3H5NO2S/c5-7-4-2-1-3-6-4/h1,3,7H,2H2. The van der Waals surface area contributed by atoms with Crippen LogP contribution < -0.4 is 0 Å². The van der Waals surface area contributed by atoms with Crippen molar-refractivity contribution in [2.45, 2.75) is 0 Å². The van der Waals surface area contributed by atoms with Crippen molar-refractivity contribution in [1.82, 2.24) is 4.47 Å². The van der Waals surface area contributed by atoms with E-state index in [4.69, 9.17) is 0 Å². The monoisotopic (exact) mass is 119 g/mol. The van der Waals surface area contributed by atoms with E-state index in [1.165, 1.54) is 10.7 Å². The van der Waals surface area contributed by atoms with Crippen molar-refractivity contribution >= 4 is 11.9 Å². The summed E-state index contributed by atoms with van der Waals surface area (Å²) in [6, 6.07) is 0. The molecule has 40 valence electrons. The first-order valence-electron chi connectivity index (χ1n) is 1.86. The van der Waals surface area contributed by atoms with Gasteiger partial charge in [-0.05, 0) is 6.08 Å². The fourth-order valence-electron chi connectivity index (χ4n) is 0.342. The smallest absolute Gasteiger partial charge is 0.115 e. The first kappa shape index (κ1) is 4.80. The van der Waals surface area contributed by atoms with Crippen molar-refractivity contribution in [3.8, 4) is 0 Å². The molecule has 0 fully saturated rings. The number of nitrogens with zero attached hydrogens (tertiary/aromatic N) is 1. The van der Waals surface area contributed by atoms with E-state index in [2.05, 4.69) is 4.84 Å². The van der Waals surface area contributed by atoms with Gasteiger partial charge >= 0.3 is 0 Å². The molecule has 1 aliphatic heterocycles. The lowest BCUT2D eigenvalue weighted by Gasteiger charge is -2.00. The fourth-order valence-corrected chi connectivity index (χ4v) is 0.596. The summed E-state index contributed by atoms with van der Waals surface area (Å²) in [4.78, 5) is 4.63. The Kier molecular flexibility index (Phi) is 1.43. The normalized spacial score (nSPS) is 20.0. The third-order valence-corrected chi connectivity index (χ3v) is 1.07. The molecular formula is C3H5NO2S. The largest absolute Gasteiger partial charge is 0.401 e. The Hall–Kier alpha value is -0.350. The highest BCUT2D eigenvalue weighted by atomic mass is 32.2. The molecule has 1 rings (SSSR count). The Balaban J connectivity index is 2.35. The lowest BCUT2D eigenvalue weighted by Crippen LogP contribution is -2.10. The molecule has 0 aromatic rings. The van der Waals surface area contributed by atoms with Crippen LogP contribution in [0.5, 0.6) is 0 Å². The molecule has 0 aromatic carbocycles. The van der Waals surface area contributed by atoms with Crippen LogP contribution in [0.1, 0.15) is 0 Å². The zero-order valence-corrected chi connectivity index (χ0v) is 4.47. The molecule has 0 atom stereocenters. The van der Waals surface area contributed by atoms with Crippen LogP contribution in [0.4, 0.5) is 0 Å². The van der Waals surface area contributed by atoms with Crippen LogP contribution in [0.25, 0.3) is 0 Å². The summed E-state index contributed by atoms with van der Waals surface area (Å²) in [5.41, 5.74) is 0. The molecular weight excluding hydrogens is 114 g/mol. The molecule has 1 aliphatic rings. The molecule has 0 N–H and O–H groups in total. The minimum Gasteiger partial charge on any atom is -0.401 e. The van der Waals surface area contributed by atoms with Gasteiger partial charge in [0.25, 0.3) is 0 Å². The summed E-state index contributed by atoms with van der Waals surface area (Å²) in [5.74, 6) is 0. The van der Waals surface area contributed by atoms with Crippen LogP contribution in [0.3, 0.4) is 0 Å². The molecule has 0 aromatic heterocycles. The zero-order valence-electron chi connectivity index (χ0n) is 3.57. The summed E-state index contributed by atoms with van der Waals surface area (Å²) >= 11 is -0.0795. The quantitative estimate of drug-likeness (QED) is 0.476. The first-order chi connectivity index (χ1) is 3.43. The molecule has 7 heavy (non-hydrogen) atoms. The van der Waals surface area contributed by atoms with Gasteiger partial charge in [-0.1, -0.05) is 4.47 Å². The van der Waals surface area contributed by atoms with Crippen molar-refractivity contribution in [3.63, 3.8) is 0 Å². The topological polar surface area (TPSA) is 29.5 Å². The molecule has 0 spiro atoms. The van der Waals surface area contributed by atoms with Crippen LogP contribution in [-0.2, 0) is 16.7 Å². The fraction of sp³-hybridized carbons (Fsp3) is 0.333. The molecule has 0 aliphatic carbocycles. The summed E-state index contributed by atoms with van der Waals surface area (Å²) < 4.78 is 11.2. The summed E-state index contributed by atoms with van der Waals surface area (Å²) in [5, 5.41) is 0. The summed E-state index contributed by atoms with van der Waals surface area (Å²) in [7, 11) is 0. The third kappa shape index (κ3) is 1.01. The van der Waals surface area contributed by atoms with Crippen molar-refractivity contribution in [2.24, 2.45) is 0 Å². The Morgan fingerprint density at radius 2 is 2.71 bits per heavy atom. The number of thiol groups is 1. The summed E-state index contributed by atoms with van der Waals surface area (Å²) in [6.45, 7) is 0.616. The molecule has 0 unspecified atom stereocenters. The lowest BCUT2D eigenvalue weighted by molar-refractivity contribution is 0.0258. The van der Waals surface area contributed by atoms with Gasteiger partial charge in [0.15, 0.2) is 0 Å². The zero-order chi connectivity index (χ0) is 5.11. The Morgan fingerprint density at radius 1 is 1.86 bits per heavy atom. The van der Waals surface area contributed by atoms with Gasteiger partial charge in [-0.3, -0.25) is 0 Å². The minimum absolute atomic E-state index is 0.0795. The maximum Gasteiger partial charge on any atom is 0.115 e. The number of hydrogen-bond donors (Lipinski definition) is 1. The van der Waals surface area contributed by atoms with Gasteiger partial charge in [-0.15, -0.1) is 0 Å². The van der Waals surface area contributed by atoms with Gasteiger partial charge in [0.2, 0.25) is 0 Å². The van der Waals surface area contributed by atoms with Crippen molar-refractivity contribution in [3.05, 3.63) is 12.3 Å². The Morgan fingerprint density at radius 3 is 3.00 bits per heavy atom. The molecule has 0 saturated carbocycles. The lowest BCUT2D eigenvalue weighted by atomic mass is 10.7. The van der Waals surface area contributed by atoms with Crippen LogP contribution >= 0.6 is 0 Å². The van der Waals surface area contributed by atoms with Crippen molar-refractivity contribution < 1.29 is 9.05 Å². The predicted octanol–water partition coefficient (Wildman–Crippen LogP) is -0.392. The SMILES string of the molecule is O=[SH]N1CC=CO1. The minimum atomic E-state index is -0.0795. The maximum atomic E-state index is 9.87. The Labute approximate surface area is 45.1 Å². The second kappa shape index (κ2) is 2.09. The average molecular weight is 119 g/mol. The van der Waals surface area contributed by atoms with E-state index >= 15 is 0 Å².